The Labute approximate surface area is 169 Å². The van der Waals surface area contributed by atoms with Crippen molar-refractivity contribution in [3.05, 3.63) is 41.4 Å². The average molecular weight is 407 g/mol. The van der Waals surface area contributed by atoms with Crippen LogP contribution in [0.2, 0.25) is 0 Å². The highest BCUT2D eigenvalue weighted by molar-refractivity contribution is 8.13. The van der Waals surface area contributed by atoms with Gasteiger partial charge in [0.15, 0.2) is 10.9 Å². The first-order valence-corrected chi connectivity index (χ1v) is 10.1. The normalized spacial score (nSPS) is 20.5. The number of hydrogen-bond donors (Lipinski definition) is 4. The lowest BCUT2D eigenvalue weighted by Gasteiger charge is -2.30. The van der Waals surface area contributed by atoms with E-state index < -0.39 is 5.54 Å². The van der Waals surface area contributed by atoms with Gasteiger partial charge in [0.05, 0.1) is 11.1 Å². The van der Waals surface area contributed by atoms with Gasteiger partial charge in [-0.1, -0.05) is 11.8 Å². The van der Waals surface area contributed by atoms with Crippen LogP contribution < -0.4 is 16.4 Å². The molecule has 2 rings (SSSR count). The predicted octanol–water partition coefficient (Wildman–Crippen LogP) is 2.72. The Morgan fingerprint density at radius 1 is 1.46 bits per heavy atom. The van der Waals surface area contributed by atoms with Crippen LogP contribution in [0.3, 0.4) is 0 Å². The number of thioether (sulfide) groups is 1. The van der Waals surface area contributed by atoms with Crippen molar-refractivity contribution >= 4 is 34.2 Å². The molecule has 28 heavy (non-hydrogen) atoms. The molecule has 1 amide bonds. The fourth-order valence-corrected chi connectivity index (χ4v) is 3.95. The Kier molecular flexibility index (Phi) is 6.67. The summed E-state index contributed by atoms with van der Waals surface area (Å²) >= 11 is 1.45. The number of amidine groups is 1. The number of carbonyl (C=O) groups is 1. The van der Waals surface area contributed by atoms with Crippen molar-refractivity contribution < 1.29 is 14.5 Å². The van der Waals surface area contributed by atoms with Gasteiger partial charge in [-0.3, -0.25) is 9.79 Å². The maximum absolute atomic E-state index is 14.5. The summed E-state index contributed by atoms with van der Waals surface area (Å²) in [4.78, 5) is 17.2. The van der Waals surface area contributed by atoms with E-state index in [1.807, 2.05) is 33.0 Å². The number of allylic oxidation sites excluding steroid dienone is 1. The molecule has 1 aliphatic heterocycles. The fourth-order valence-electron chi connectivity index (χ4n) is 2.97. The van der Waals surface area contributed by atoms with E-state index in [2.05, 4.69) is 10.3 Å². The molecule has 6 N–H and O–H groups in total. The predicted molar refractivity (Wildman–Crippen MR) is 114 cm³/mol. The maximum atomic E-state index is 14.5. The number of anilines is 1. The van der Waals surface area contributed by atoms with E-state index in [0.29, 0.717) is 28.5 Å². The third-order valence-electron chi connectivity index (χ3n) is 4.22. The maximum Gasteiger partial charge on any atom is 0.309 e. The third-order valence-corrected chi connectivity index (χ3v) is 5.02. The zero-order valence-corrected chi connectivity index (χ0v) is 17.8. The van der Waals surface area contributed by atoms with E-state index in [0.717, 1.165) is 5.75 Å². The number of quaternary nitrogens is 1. The van der Waals surface area contributed by atoms with Crippen LogP contribution in [-0.2, 0) is 10.3 Å². The summed E-state index contributed by atoms with van der Waals surface area (Å²) in [6.45, 7) is 9.40. The van der Waals surface area contributed by atoms with E-state index in [-0.39, 0.29) is 23.0 Å². The minimum Gasteiger partial charge on any atom is -0.379 e. The zero-order chi connectivity index (χ0) is 21.1. The second-order valence-electron chi connectivity index (χ2n) is 8.26. The highest BCUT2D eigenvalue weighted by atomic mass is 32.2. The van der Waals surface area contributed by atoms with Crippen LogP contribution in [-0.4, -0.2) is 28.1 Å². The highest BCUT2D eigenvalue weighted by Gasteiger charge is 2.32. The lowest BCUT2D eigenvalue weighted by molar-refractivity contribution is -0.667. The smallest absolute Gasteiger partial charge is 0.309 e. The molecule has 1 heterocycles. The van der Waals surface area contributed by atoms with Gasteiger partial charge in [-0.2, -0.15) is 0 Å². The molecule has 0 unspecified atom stereocenters. The molecule has 1 aromatic carbocycles. The third kappa shape index (κ3) is 5.90. The van der Waals surface area contributed by atoms with Crippen LogP contribution in [0, 0.1) is 11.2 Å². The van der Waals surface area contributed by atoms with Gasteiger partial charge in [0, 0.05) is 28.8 Å². The van der Waals surface area contributed by atoms with E-state index in [1.54, 1.807) is 13.0 Å². The number of aliphatic imine (C=N–C) groups is 1. The number of nitrogens with two attached hydrogens (primary N) is 2. The number of benzene rings is 1. The first-order chi connectivity index (χ1) is 12.9. The van der Waals surface area contributed by atoms with Gasteiger partial charge in [0.2, 0.25) is 0 Å². The monoisotopic (exact) mass is 406 g/mol. The van der Waals surface area contributed by atoms with Gasteiger partial charge >= 0.3 is 5.91 Å². The highest BCUT2D eigenvalue weighted by Crippen LogP contribution is 2.37. The fraction of sp³-hybridized carbons (Fsp3) is 0.450. The topological polar surface area (TPSA) is 108 Å². The molecule has 6 nitrogen and oxygen atoms in total. The molecule has 8 heteroatoms. The Morgan fingerprint density at radius 2 is 2.14 bits per heavy atom. The van der Waals surface area contributed by atoms with E-state index in [4.69, 9.17) is 11.1 Å². The second kappa shape index (κ2) is 8.45. The van der Waals surface area contributed by atoms with Crippen LogP contribution in [0.1, 0.15) is 46.6 Å². The quantitative estimate of drug-likeness (QED) is 0.446. The number of hydrogen-bond acceptors (Lipinski definition) is 5. The van der Waals surface area contributed by atoms with E-state index in [1.165, 1.54) is 30.0 Å². The van der Waals surface area contributed by atoms with Crippen molar-refractivity contribution in [3.8, 4) is 0 Å². The molecular weight excluding hydrogens is 377 g/mol. The Bertz CT molecular complexity index is 843. The van der Waals surface area contributed by atoms with Crippen molar-refractivity contribution in [1.82, 2.24) is 0 Å². The van der Waals surface area contributed by atoms with Crippen molar-refractivity contribution in [1.29, 1.82) is 5.41 Å². The van der Waals surface area contributed by atoms with E-state index in [9.17, 15) is 9.18 Å². The van der Waals surface area contributed by atoms with Gasteiger partial charge in [0.1, 0.15) is 5.82 Å². The summed E-state index contributed by atoms with van der Waals surface area (Å²) < 4.78 is 14.5. The summed E-state index contributed by atoms with van der Waals surface area (Å²) in [6.07, 6.45) is 2.18. The summed E-state index contributed by atoms with van der Waals surface area (Å²) in [5.41, 5.74) is 6.42. The number of nitrogens with zero attached hydrogens (tertiary/aromatic N) is 1. The van der Waals surface area contributed by atoms with Crippen molar-refractivity contribution in [2.24, 2.45) is 10.7 Å². The zero-order valence-electron chi connectivity index (χ0n) is 17.0. The molecule has 0 saturated heterocycles. The minimum absolute atomic E-state index is 0.230. The Balaban J connectivity index is 2.32. The summed E-state index contributed by atoms with van der Waals surface area (Å²) in [5, 5.41) is 12.8. The molecule has 1 aromatic rings. The van der Waals surface area contributed by atoms with Crippen molar-refractivity contribution in [3.63, 3.8) is 0 Å². The molecule has 0 fully saturated rings. The van der Waals surface area contributed by atoms with Gasteiger partial charge in [0.25, 0.3) is 0 Å². The molecular formula is C20H29FN5OS+. The van der Waals surface area contributed by atoms with Crippen LogP contribution in [0.25, 0.3) is 0 Å². The second-order valence-corrected chi connectivity index (χ2v) is 9.38. The molecule has 0 radical (unpaired) electrons. The molecule has 0 saturated carbocycles. The minimum atomic E-state index is -0.762. The van der Waals surface area contributed by atoms with Crippen LogP contribution in [0.5, 0.6) is 0 Å². The number of carbonyl (C=O) groups excluding carboxylic acids is 1. The van der Waals surface area contributed by atoms with Gasteiger partial charge < -0.3 is 21.8 Å². The summed E-state index contributed by atoms with van der Waals surface area (Å²) in [6, 6.07) is 4.48. The standard InChI is InChI=1S/C20H28FN5OS/c1-12(22)10-16(25-19(2,3)4)17(27)24-13-6-7-15(21)14(11-13)20(5)8-9-28-18(23)26-20/h6-7,10-11,22,25H,8-9H2,1-5H3,(H2,23,26)(H,24,27)/p+1/b16-10-,22-12?/t20-/m0/s1. The lowest BCUT2D eigenvalue weighted by atomic mass is 9.89. The number of rotatable bonds is 5. The molecule has 1 atom stereocenters. The van der Waals surface area contributed by atoms with Crippen LogP contribution in [0.4, 0.5) is 10.1 Å². The Morgan fingerprint density at radius 3 is 2.71 bits per heavy atom. The number of amides is 1. The molecule has 0 aromatic heterocycles. The molecule has 0 aliphatic carbocycles. The van der Waals surface area contributed by atoms with Crippen LogP contribution in [0.15, 0.2) is 35.0 Å². The van der Waals surface area contributed by atoms with Gasteiger partial charge in [-0.25, -0.2) is 4.39 Å². The van der Waals surface area contributed by atoms with Crippen molar-refractivity contribution in [2.45, 2.75) is 52.1 Å². The largest absolute Gasteiger partial charge is 0.379 e. The molecule has 1 aliphatic rings. The van der Waals surface area contributed by atoms with Gasteiger partial charge in [-0.15, -0.1) is 0 Å². The van der Waals surface area contributed by atoms with Crippen LogP contribution >= 0.6 is 11.8 Å². The summed E-state index contributed by atoms with van der Waals surface area (Å²) in [5.74, 6) is 0.0382. The first-order valence-electron chi connectivity index (χ1n) is 9.12. The molecule has 0 spiro atoms. The van der Waals surface area contributed by atoms with E-state index >= 15 is 0 Å². The average Bonchev–Trinajstić information content (AvgIpc) is 2.54. The number of nitrogens with one attached hydrogen (secondary N) is 2. The molecule has 0 bridgehead atoms. The van der Waals surface area contributed by atoms with Gasteiger partial charge in [-0.05, 0) is 59.2 Å². The molecule has 152 valence electrons. The number of halogens is 1. The Hall–Kier alpha value is -2.19. The SMILES string of the molecule is CC(=N)/C=C(\[NH2+]C(C)(C)C)C(=O)Nc1ccc(F)c([C@]2(C)CCSC(N)=N2)c1. The summed E-state index contributed by atoms with van der Waals surface area (Å²) in [7, 11) is 0. The first kappa shape index (κ1) is 22.1. The lowest BCUT2D eigenvalue weighted by Crippen LogP contribution is -2.93. The van der Waals surface area contributed by atoms with Crippen molar-refractivity contribution in [2.75, 3.05) is 11.1 Å².